The maximum Gasteiger partial charge on any atom is 0.0143 e. The first-order valence-corrected chi connectivity index (χ1v) is 4.88. The number of piperidine rings is 1. The molecule has 1 heterocycles. The lowest BCUT2D eigenvalue weighted by molar-refractivity contribution is 0.118. The molecule has 0 aromatic carbocycles. The first kappa shape index (κ1) is 9.40. The molecule has 0 spiro atoms. The van der Waals surface area contributed by atoms with Gasteiger partial charge in [-0.2, -0.15) is 0 Å². The number of thiol groups is 1. The monoisotopic (exact) mass is 173 g/mol. The lowest BCUT2D eigenvalue weighted by Crippen LogP contribution is -2.40. The van der Waals surface area contributed by atoms with Gasteiger partial charge in [-0.05, 0) is 24.2 Å². The summed E-state index contributed by atoms with van der Waals surface area (Å²) in [5.41, 5.74) is 0.500. The van der Waals surface area contributed by atoms with Crippen molar-refractivity contribution in [3.63, 3.8) is 0 Å². The normalized spacial score (nSPS) is 34.6. The van der Waals surface area contributed by atoms with Gasteiger partial charge in [0.25, 0.3) is 0 Å². The smallest absolute Gasteiger partial charge is 0.0143 e. The predicted molar refractivity (Wildman–Crippen MR) is 52.7 cm³/mol. The highest BCUT2D eigenvalue weighted by Crippen LogP contribution is 2.36. The summed E-state index contributed by atoms with van der Waals surface area (Å²) in [6.07, 6.45) is 2.67. The second-order valence-corrected chi connectivity index (χ2v) is 4.87. The molecule has 1 nitrogen and oxygen atoms in total. The third kappa shape index (κ3) is 2.12. The SMILES string of the molecule is CC(C)C1(C)CCCN(S)C1. The van der Waals surface area contributed by atoms with E-state index in [0.717, 1.165) is 19.0 Å². The molecule has 0 radical (unpaired) electrons. The van der Waals surface area contributed by atoms with Crippen LogP contribution in [0.2, 0.25) is 0 Å². The fraction of sp³-hybridized carbons (Fsp3) is 1.00. The first-order chi connectivity index (χ1) is 5.04. The maximum atomic E-state index is 4.40. The molecule has 0 aromatic heterocycles. The fourth-order valence-electron chi connectivity index (χ4n) is 1.71. The molecule has 2 heteroatoms. The van der Waals surface area contributed by atoms with E-state index in [9.17, 15) is 0 Å². The van der Waals surface area contributed by atoms with Crippen molar-refractivity contribution in [2.75, 3.05) is 13.1 Å². The molecule has 0 amide bonds. The van der Waals surface area contributed by atoms with Crippen LogP contribution in [0.4, 0.5) is 0 Å². The van der Waals surface area contributed by atoms with E-state index < -0.39 is 0 Å². The van der Waals surface area contributed by atoms with Gasteiger partial charge in [0.15, 0.2) is 0 Å². The average molecular weight is 173 g/mol. The van der Waals surface area contributed by atoms with Gasteiger partial charge >= 0.3 is 0 Å². The van der Waals surface area contributed by atoms with Crippen molar-refractivity contribution in [1.82, 2.24) is 4.31 Å². The minimum Gasteiger partial charge on any atom is -0.253 e. The molecule has 1 saturated heterocycles. The van der Waals surface area contributed by atoms with Crippen molar-refractivity contribution in [1.29, 1.82) is 0 Å². The summed E-state index contributed by atoms with van der Waals surface area (Å²) in [6.45, 7) is 9.30. The van der Waals surface area contributed by atoms with E-state index in [4.69, 9.17) is 0 Å². The third-order valence-electron chi connectivity index (χ3n) is 3.10. The van der Waals surface area contributed by atoms with Gasteiger partial charge in [0.2, 0.25) is 0 Å². The summed E-state index contributed by atoms with van der Waals surface area (Å²) >= 11 is 4.40. The third-order valence-corrected chi connectivity index (χ3v) is 3.44. The Hall–Kier alpha value is 0.310. The van der Waals surface area contributed by atoms with Crippen LogP contribution in [0.15, 0.2) is 0 Å². The lowest BCUT2D eigenvalue weighted by Gasteiger charge is -2.41. The summed E-state index contributed by atoms with van der Waals surface area (Å²) in [5.74, 6) is 0.775. The van der Waals surface area contributed by atoms with E-state index in [2.05, 4.69) is 37.9 Å². The van der Waals surface area contributed by atoms with Crippen LogP contribution in [0.3, 0.4) is 0 Å². The fourth-order valence-corrected chi connectivity index (χ4v) is 2.18. The van der Waals surface area contributed by atoms with Crippen LogP contribution >= 0.6 is 12.8 Å². The minimum absolute atomic E-state index is 0.500. The molecule has 1 rings (SSSR count). The van der Waals surface area contributed by atoms with Crippen molar-refractivity contribution < 1.29 is 0 Å². The molecule has 1 aliphatic heterocycles. The predicted octanol–water partition coefficient (Wildman–Crippen LogP) is 2.59. The zero-order valence-electron chi connectivity index (χ0n) is 7.80. The summed E-state index contributed by atoms with van der Waals surface area (Å²) < 4.78 is 2.16. The van der Waals surface area contributed by atoms with Crippen molar-refractivity contribution in [3.05, 3.63) is 0 Å². The van der Waals surface area contributed by atoms with Crippen LogP contribution in [0.25, 0.3) is 0 Å². The summed E-state index contributed by atoms with van der Waals surface area (Å²) in [5, 5.41) is 0. The second-order valence-electron chi connectivity index (χ2n) is 4.30. The standard InChI is InChI=1S/C9H19NS/c1-8(2)9(3)5-4-6-10(11)7-9/h8,11H,4-7H2,1-3H3. The zero-order valence-corrected chi connectivity index (χ0v) is 8.69. The Kier molecular flexibility index (Phi) is 2.87. The molecule has 1 atom stereocenters. The quantitative estimate of drug-likeness (QED) is 0.597. The largest absolute Gasteiger partial charge is 0.253 e. The van der Waals surface area contributed by atoms with Gasteiger partial charge in [-0.1, -0.05) is 33.6 Å². The Morgan fingerprint density at radius 1 is 1.45 bits per heavy atom. The van der Waals surface area contributed by atoms with E-state index in [0.29, 0.717) is 5.41 Å². The molecule has 0 aromatic rings. The maximum absolute atomic E-state index is 4.40. The van der Waals surface area contributed by atoms with E-state index in [1.165, 1.54) is 12.8 Å². The number of hydrogen-bond acceptors (Lipinski definition) is 2. The molecule has 1 unspecified atom stereocenters. The minimum atomic E-state index is 0.500. The Labute approximate surface area is 75.7 Å². The van der Waals surface area contributed by atoms with Crippen LogP contribution < -0.4 is 0 Å². The molecule has 0 saturated carbocycles. The van der Waals surface area contributed by atoms with Crippen LogP contribution in [-0.2, 0) is 0 Å². The van der Waals surface area contributed by atoms with E-state index >= 15 is 0 Å². The Morgan fingerprint density at radius 3 is 2.45 bits per heavy atom. The highest BCUT2D eigenvalue weighted by Gasteiger charge is 2.32. The second kappa shape index (κ2) is 3.36. The molecule has 1 fully saturated rings. The molecule has 0 bridgehead atoms. The van der Waals surface area contributed by atoms with Gasteiger partial charge in [-0.3, -0.25) is 4.31 Å². The highest BCUT2D eigenvalue weighted by molar-refractivity contribution is 7.77. The van der Waals surface area contributed by atoms with Gasteiger partial charge in [0.05, 0.1) is 0 Å². The first-order valence-electron chi connectivity index (χ1n) is 4.48. The van der Waals surface area contributed by atoms with Crippen LogP contribution in [-0.4, -0.2) is 17.4 Å². The van der Waals surface area contributed by atoms with E-state index in [1.54, 1.807) is 0 Å². The number of hydrogen-bond donors (Lipinski definition) is 1. The molecule has 11 heavy (non-hydrogen) atoms. The molecular weight excluding hydrogens is 154 g/mol. The van der Waals surface area contributed by atoms with Crippen molar-refractivity contribution in [2.45, 2.75) is 33.6 Å². The van der Waals surface area contributed by atoms with Crippen LogP contribution in [0.1, 0.15) is 33.6 Å². The Balaban J connectivity index is 2.55. The lowest BCUT2D eigenvalue weighted by atomic mass is 9.74. The highest BCUT2D eigenvalue weighted by atomic mass is 32.1. The topological polar surface area (TPSA) is 3.24 Å². The van der Waals surface area contributed by atoms with Crippen molar-refractivity contribution in [2.24, 2.45) is 11.3 Å². The molecule has 66 valence electrons. The Morgan fingerprint density at radius 2 is 2.09 bits per heavy atom. The van der Waals surface area contributed by atoms with Gasteiger partial charge in [-0.15, -0.1) is 0 Å². The molecular formula is C9H19NS. The number of rotatable bonds is 1. The average Bonchev–Trinajstić information content (AvgIpc) is 1.86. The summed E-state index contributed by atoms with van der Waals surface area (Å²) in [4.78, 5) is 0. The Bertz CT molecular complexity index is 136. The molecule has 1 aliphatic rings. The van der Waals surface area contributed by atoms with Gasteiger partial charge < -0.3 is 0 Å². The summed E-state index contributed by atoms with van der Waals surface area (Å²) in [6, 6.07) is 0. The van der Waals surface area contributed by atoms with Crippen molar-refractivity contribution in [3.8, 4) is 0 Å². The number of nitrogens with zero attached hydrogens (tertiary/aromatic N) is 1. The van der Waals surface area contributed by atoms with Gasteiger partial charge in [0.1, 0.15) is 0 Å². The van der Waals surface area contributed by atoms with E-state index in [1.807, 2.05) is 0 Å². The van der Waals surface area contributed by atoms with Crippen LogP contribution in [0, 0.1) is 11.3 Å². The summed E-state index contributed by atoms with van der Waals surface area (Å²) in [7, 11) is 0. The van der Waals surface area contributed by atoms with Gasteiger partial charge in [0, 0.05) is 13.1 Å². The molecule has 0 aliphatic carbocycles. The van der Waals surface area contributed by atoms with Crippen molar-refractivity contribution >= 4 is 12.8 Å². The van der Waals surface area contributed by atoms with E-state index in [-0.39, 0.29) is 0 Å². The van der Waals surface area contributed by atoms with Crippen LogP contribution in [0.5, 0.6) is 0 Å². The van der Waals surface area contributed by atoms with Gasteiger partial charge in [-0.25, -0.2) is 0 Å². The molecule has 0 N–H and O–H groups in total. The zero-order chi connectivity index (χ0) is 8.48.